The van der Waals surface area contributed by atoms with Gasteiger partial charge in [-0.3, -0.25) is 4.79 Å². The smallest absolute Gasteiger partial charge is 0.407 e. The van der Waals surface area contributed by atoms with Gasteiger partial charge in [-0.05, 0) is 6.07 Å². The lowest BCUT2D eigenvalue weighted by molar-refractivity contribution is -0.132. The monoisotopic (exact) mass is 259 g/mol. The predicted molar refractivity (Wildman–Crippen MR) is 56.9 cm³/mol. The summed E-state index contributed by atoms with van der Waals surface area (Å²) in [5.41, 5.74) is -0.160. The molecule has 0 aliphatic heterocycles. The zero-order chi connectivity index (χ0) is 13.7. The number of halogens is 2. The summed E-state index contributed by atoms with van der Waals surface area (Å²) >= 11 is 0. The number of carbonyl (C=O) groups excluding carboxylic acids is 2. The third-order valence-electron chi connectivity index (χ3n) is 1.92. The number of alkyl carbamates (subject to hydrolysis) is 1. The van der Waals surface area contributed by atoms with Crippen LogP contribution < -0.4 is 10.1 Å². The van der Waals surface area contributed by atoms with Crippen LogP contribution in [0.1, 0.15) is 12.5 Å². The summed E-state index contributed by atoms with van der Waals surface area (Å²) in [6.07, 6.45) is -0.765. The predicted octanol–water partition coefficient (Wildman–Crippen LogP) is 1.75. The summed E-state index contributed by atoms with van der Waals surface area (Å²) < 4.78 is 35.9. The van der Waals surface area contributed by atoms with Crippen molar-refractivity contribution in [1.29, 1.82) is 0 Å². The van der Waals surface area contributed by atoms with Crippen molar-refractivity contribution in [3.63, 3.8) is 0 Å². The molecule has 1 N–H and O–H groups in total. The lowest BCUT2D eigenvalue weighted by atomic mass is 10.2. The van der Waals surface area contributed by atoms with Crippen molar-refractivity contribution in [1.82, 2.24) is 5.32 Å². The van der Waals surface area contributed by atoms with Crippen molar-refractivity contribution in [2.45, 2.75) is 13.5 Å². The minimum atomic E-state index is -0.915. The van der Waals surface area contributed by atoms with Gasteiger partial charge in [0, 0.05) is 25.6 Å². The lowest BCUT2D eigenvalue weighted by Crippen LogP contribution is -2.19. The van der Waals surface area contributed by atoms with Crippen LogP contribution in [0, 0.1) is 11.6 Å². The van der Waals surface area contributed by atoms with Crippen LogP contribution in [0.25, 0.3) is 0 Å². The Kier molecular flexibility index (Phi) is 4.59. The molecule has 98 valence electrons. The quantitative estimate of drug-likeness (QED) is 0.663. The number of nitrogens with one attached hydrogen (secondary N) is 1. The maximum absolute atomic E-state index is 13.5. The van der Waals surface area contributed by atoms with Gasteiger partial charge < -0.3 is 14.8 Å². The highest BCUT2D eigenvalue weighted by molar-refractivity contribution is 5.69. The van der Waals surface area contributed by atoms with E-state index in [1.54, 1.807) is 0 Å². The van der Waals surface area contributed by atoms with Gasteiger partial charge in [-0.1, -0.05) is 0 Å². The fourth-order valence-corrected chi connectivity index (χ4v) is 1.13. The third-order valence-corrected chi connectivity index (χ3v) is 1.92. The van der Waals surface area contributed by atoms with Crippen LogP contribution in [0.15, 0.2) is 12.1 Å². The van der Waals surface area contributed by atoms with Crippen LogP contribution in [-0.2, 0) is 16.1 Å². The summed E-state index contributed by atoms with van der Waals surface area (Å²) in [5.74, 6) is -3.02. The normalized spacial score (nSPS) is 9.78. The summed E-state index contributed by atoms with van der Waals surface area (Å²) in [6, 6.07) is 1.52. The molecular weight excluding hydrogens is 248 g/mol. The molecule has 0 unspecified atom stereocenters. The zero-order valence-corrected chi connectivity index (χ0v) is 9.75. The molecule has 0 fully saturated rings. The van der Waals surface area contributed by atoms with E-state index in [1.165, 1.54) is 7.05 Å². The molecule has 1 aromatic carbocycles. The molecule has 0 atom stereocenters. The van der Waals surface area contributed by atoms with E-state index >= 15 is 0 Å². The number of carbonyl (C=O) groups is 2. The van der Waals surface area contributed by atoms with E-state index < -0.39 is 36.1 Å². The molecule has 0 saturated carbocycles. The Labute approximate surface area is 102 Å². The molecule has 0 spiro atoms. The summed E-state index contributed by atoms with van der Waals surface area (Å²) in [6.45, 7) is 0.642. The average molecular weight is 259 g/mol. The molecule has 7 heteroatoms. The maximum atomic E-state index is 13.5. The SMILES string of the molecule is CNC(=O)OCc1cc(F)c(OC(C)=O)cc1F. The Morgan fingerprint density at radius 2 is 1.94 bits per heavy atom. The topological polar surface area (TPSA) is 64.6 Å². The first-order valence-corrected chi connectivity index (χ1v) is 4.95. The first kappa shape index (κ1) is 13.9. The van der Waals surface area contributed by atoms with Gasteiger partial charge in [-0.2, -0.15) is 0 Å². The van der Waals surface area contributed by atoms with Gasteiger partial charge >= 0.3 is 12.1 Å². The number of ether oxygens (including phenoxy) is 2. The van der Waals surface area contributed by atoms with Crippen molar-refractivity contribution in [2.24, 2.45) is 0 Å². The third kappa shape index (κ3) is 3.69. The van der Waals surface area contributed by atoms with Crippen LogP contribution in [-0.4, -0.2) is 19.1 Å². The molecule has 0 saturated heterocycles. The van der Waals surface area contributed by atoms with E-state index in [0.717, 1.165) is 19.1 Å². The highest BCUT2D eigenvalue weighted by Crippen LogP contribution is 2.22. The summed E-state index contributed by atoms with van der Waals surface area (Å²) in [5, 5.41) is 2.16. The van der Waals surface area contributed by atoms with Crippen LogP contribution >= 0.6 is 0 Å². The number of hydrogen-bond donors (Lipinski definition) is 1. The van der Waals surface area contributed by atoms with E-state index in [1.807, 2.05) is 0 Å². The van der Waals surface area contributed by atoms with Crippen LogP contribution in [0.2, 0.25) is 0 Å². The van der Waals surface area contributed by atoms with Crippen LogP contribution in [0.4, 0.5) is 13.6 Å². The molecule has 18 heavy (non-hydrogen) atoms. The van der Waals surface area contributed by atoms with Crippen molar-refractivity contribution in [2.75, 3.05) is 7.05 Å². The number of hydrogen-bond acceptors (Lipinski definition) is 4. The minimum absolute atomic E-state index is 0.160. The molecule has 1 amide bonds. The maximum Gasteiger partial charge on any atom is 0.407 e. The second-order valence-electron chi connectivity index (χ2n) is 3.29. The molecule has 0 heterocycles. The van der Waals surface area contributed by atoms with E-state index in [9.17, 15) is 18.4 Å². The van der Waals surface area contributed by atoms with Crippen molar-refractivity contribution >= 4 is 12.1 Å². The van der Waals surface area contributed by atoms with Crippen molar-refractivity contribution in [3.05, 3.63) is 29.3 Å². The second-order valence-corrected chi connectivity index (χ2v) is 3.29. The Morgan fingerprint density at radius 3 is 2.50 bits per heavy atom. The van der Waals surface area contributed by atoms with Gasteiger partial charge in [0.25, 0.3) is 0 Å². The Balaban J connectivity index is 2.86. The first-order valence-electron chi connectivity index (χ1n) is 4.95. The number of amides is 1. The van der Waals surface area contributed by atoms with Gasteiger partial charge in [0.1, 0.15) is 12.4 Å². The molecule has 1 aromatic rings. The highest BCUT2D eigenvalue weighted by atomic mass is 19.1. The molecular formula is C11H11F2NO4. The first-order chi connectivity index (χ1) is 8.43. The van der Waals surface area contributed by atoms with Crippen LogP contribution in [0.3, 0.4) is 0 Å². The van der Waals surface area contributed by atoms with E-state index in [-0.39, 0.29) is 5.56 Å². The Bertz CT molecular complexity index is 476. The second kappa shape index (κ2) is 5.95. The van der Waals surface area contributed by atoms with E-state index in [0.29, 0.717) is 0 Å². The zero-order valence-electron chi connectivity index (χ0n) is 9.75. The van der Waals surface area contributed by atoms with Gasteiger partial charge in [-0.25, -0.2) is 13.6 Å². The molecule has 1 rings (SSSR count). The lowest BCUT2D eigenvalue weighted by Gasteiger charge is -2.08. The molecule has 0 aliphatic carbocycles. The van der Waals surface area contributed by atoms with Gasteiger partial charge in [0.05, 0.1) is 0 Å². The van der Waals surface area contributed by atoms with Crippen LogP contribution in [0.5, 0.6) is 5.75 Å². The molecule has 0 radical (unpaired) electrons. The van der Waals surface area contributed by atoms with E-state index in [2.05, 4.69) is 14.8 Å². The summed E-state index contributed by atoms with van der Waals surface area (Å²) in [7, 11) is 1.34. The van der Waals surface area contributed by atoms with Crippen molar-refractivity contribution < 1.29 is 27.8 Å². The van der Waals surface area contributed by atoms with Gasteiger partial charge in [0.15, 0.2) is 11.6 Å². The molecule has 0 aromatic heterocycles. The van der Waals surface area contributed by atoms with E-state index in [4.69, 9.17) is 0 Å². The number of rotatable bonds is 3. The standard InChI is InChI=1S/C11H11F2NO4/c1-6(15)18-10-4-8(12)7(3-9(10)13)5-17-11(16)14-2/h3-4H,5H2,1-2H3,(H,14,16). The van der Waals surface area contributed by atoms with Gasteiger partial charge in [-0.15, -0.1) is 0 Å². The van der Waals surface area contributed by atoms with Crippen molar-refractivity contribution in [3.8, 4) is 5.75 Å². The number of benzene rings is 1. The molecule has 5 nitrogen and oxygen atoms in total. The minimum Gasteiger partial charge on any atom is -0.445 e. The van der Waals surface area contributed by atoms with Gasteiger partial charge in [0.2, 0.25) is 0 Å². The Hall–Kier alpha value is -2.18. The largest absolute Gasteiger partial charge is 0.445 e. The molecule has 0 aliphatic rings. The summed E-state index contributed by atoms with van der Waals surface area (Å²) in [4.78, 5) is 21.4. The Morgan fingerprint density at radius 1 is 1.28 bits per heavy atom. The fourth-order valence-electron chi connectivity index (χ4n) is 1.13. The molecule has 0 bridgehead atoms. The fraction of sp³-hybridized carbons (Fsp3) is 0.273. The number of esters is 1. The highest BCUT2D eigenvalue weighted by Gasteiger charge is 2.13. The average Bonchev–Trinajstić information content (AvgIpc) is 2.30.